The lowest BCUT2D eigenvalue weighted by atomic mass is 9.82. The minimum Gasteiger partial charge on any atom is -0.481 e. The number of anilines is 1. The van der Waals surface area contributed by atoms with E-state index in [0.29, 0.717) is 11.6 Å². The van der Waals surface area contributed by atoms with Crippen molar-refractivity contribution in [1.29, 1.82) is 0 Å². The van der Waals surface area contributed by atoms with Crippen molar-refractivity contribution < 1.29 is 19.4 Å². The quantitative estimate of drug-likeness (QED) is 0.837. The Labute approximate surface area is 129 Å². The maximum absolute atomic E-state index is 12.4. The van der Waals surface area contributed by atoms with Crippen molar-refractivity contribution >= 4 is 17.6 Å². The van der Waals surface area contributed by atoms with Gasteiger partial charge < -0.3 is 15.2 Å². The van der Waals surface area contributed by atoms with E-state index in [-0.39, 0.29) is 5.91 Å². The summed E-state index contributed by atoms with van der Waals surface area (Å²) in [5, 5.41) is 12.1. The predicted octanol–water partition coefficient (Wildman–Crippen LogP) is 2.40. The van der Waals surface area contributed by atoms with Gasteiger partial charge in [0.2, 0.25) is 5.91 Å². The molecule has 5 nitrogen and oxygen atoms in total. The number of ether oxygens (including phenoxy) is 1. The fraction of sp³-hybridized carbons (Fsp3) is 0.412. The zero-order valence-electron chi connectivity index (χ0n) is 12.5. The number of carboxylic acid groups (broad SMARTS) is 1. The van der Waals surface area contributed by atoms with Crippen molar-refractivity contribution in [2.24, 2.45) is 11.8 Å². The molecule has 1 aromatic carbocycles. The second-order valence-corrected chi connectivity index (χ2v) is 6.11. The number of amides is 1. The van der Waals surface area contributed by atoms with E-state index >= 15 is 0 Å². The van der Waals surface area contributed by atoms with Gasteiger partial charge in [-0.05, 0) is 23.6 Å². The van der Waals surface area contributed by atoms with Gasteiger partial charge in [-0.15, -0.1) is 0 Å². The molecule has 1 saturated heterocycles. The number of carbonyl (C=O) groups is 2. The smallest absolute Gasteiger partial charge is 0.310 e. The van der Waals surface area contributed by atoms with Crippen LogP contribution in [-0.2, 0) is 14.3 Å². The van der Waals surface area contributed by atoms with Crippen LogP contribution in [0.25, 0.3) is 0 Å². The Morgan fingerprint density at radius 3 is 2.23 bits per heavy atom. The highest BCUT2D eigenvalue weighted by molar-refractivity contribution is 5.96. The van der Waals surface area contributed by atoms with Crippen molar-refractivity contribution in [3.63, 3.8) is 0 Å². The number of rotatable bonds is 4. The summed E-state index contributed by atoms with van der Waals surface area (Å²) in [5.41, 5.74) is 1.86. The molecule has 0 saturated carbocycles. The van der Waals surface area contributed by atoms with Crippen LogP contribution in [0.2, 0.25) is 0 Å². The van der Waals surface area contributed by atoms with Gasteiger partial charge in [-0.3, -0.25) is 9.59 Å². The average molecular weight is 301 g/mol. The summed E-state index contributed by atoms with van der Waals surface area (Å²) in [6, 6.07) is 7.61. The Hall–Kier alpha value is -2.14. The Morgan fingerprint density at radius 1 is 1.09 bits per heavy atom. The number of hydrogen-bond donors (Lipinski definition) is 2. The number of hydrogen-bond acceptors (Lipinski definition) is 3. The predicted molar refractivity (Wildman–Crippen MR) is 81.6 cm³/mol. The molecule has 2 N–H and O–H groups in total. The summed E-state index contributed by atoms with van der Waals surface area (Å²) < 4.78 is 5.52. The first-order valence-electron chi connectivity index (χ1n) is 7.45. The van der Waals surface area contributed by atoms with Crippen LogP contribution < -0.4 is 5.32 Å². The summed E-state index contributed by atoms with van der Waals surface area (Å²) in [7, 11) is 0. The molecule has 1 amide bonds. The first kappa shape index (κ1) is 14.8. The number of aliphatic carboxylic acids is 1. The molecule has 0 unspecified atom stereocenters. The molecule has 5 heteroatoms. The highest BCUT2D eigenvalue weighted by atomic mass is 16.5. The molecule has 2 aliphatic rings. The molecule has 3 rings (SSSR count). The standard InChI is InChI=1S/C17H19NO4/c1-9(2)10-3-5-11(6-4-10)18-16(19)14-12-7-8-13(22-12)15(14)17(20)21/h3-9,12-15H,1-2H3,(H,18,19)(H,20,21)/t12-,13-,14+,15-/m0/s1. The second kappa shape index (κ2) is 5.57. The minimum atomic E-state index is -0.993. The summed E-state index contributed by atoms with van der Waals surface area (Å²) in [4.78, 5) is 23.8. The molecule has 0 aromatic heterocycles. The van der Waals surface area contributed by atoms with Gasteiger partial charge in [0.05, 0.1) is 18.1 Å². The fourth-order valence-electron chi connectivity index (χ4n) is 3.09. The Kier molecular flexibility index (Phi) is 3.74. The number of fused-ring (bicyclic) bond motifs is 2. The molecule has 0 aliphatic carbocycles. The van der Waals surface area contributed by atoms with Crippen LogP contribution in [0.15, 0.2) is 36.4 Å². The van der Waals surface area contributed by atoms with Gasteiger partial charge >= 0.3 is 5.97 Å². The lowest BCUT2D eigenvalue weighted by Crippen LogP contribution is -2.39. The van der Waals surface area contributed by atoms with Crippen molar-refractivity contribution in [3.05, 3.63) is 42.0 Å². The molecular weight excluding hydrogens is 282 g/mol. The molecule has 4 atom stereocenters. The fourth-order valence-corrected chi connectivity index (χ4v) is 3.09. The van der Waals surface area contributed by atoms with Gasteiger partial charge in [0.15, 0.2) is 0 Å². The zero-order chi connectivity index (χ0) is 15.9. The molecule has 0 radical (unpaired) electrons. The van der Waals surface area contributed by atoms with Crippen molar-refractivity contribution in [1.82, 2.24) is 0 Å². The van der Waals surface area contributed by atoms with Gasteiger partial charge in [-0.2, -0.15) is 0 Å². The van der Waals surface area contributed by atoms with E-state index in [1.54, 1.807) is 12.2 Å². The van der Waals surface area contributed by atoms with Crippen molar-refractivity contribution in [3.8, 4) is 0 Å². The Bertz CT molecular complexity index is 620. The van der Waals surface area contributed by atoms with E-state index < -0.39 is 30.0 Å². The third kappa shape index (κ3) is 2.52. The van der Waals surface area contributed by atoms with Crippen LogP contribution in [0.1, 0.15) is 25.3 Å². The summed E-state index contributed by atoms with van der Waals surface area (Å²) >= 11 is 0. The number of carboxylic acids is 1. The first-order valence-corrected chi connectivity index (χ1v) is 7.45. The molecule has 1 aromatic rings. The van der Waals surface area contributed by atoms with E-state index in [0.717, 1.165) is 0 Å². The minimum absolute atomic E-state index is 0.304. The summed E-state index contributed by atoms with van der Waals surface area (Å²) in [5.74, 6) is -2.37. The average Bonchev–Trinajstić information content (AvgIpc) is 3.08. The molecule has 2 aliphatic heterocycles. The van der Waals surface area contributed by atoms with Crippen molar-refractivity contribution in [2.45, 2.75) is 32.0 Å². The van der Waals surface area contributed by atoms with Crippen molar-refractivity contribution in [2.75, 3.05) is 5.32 Å². The van der Waals surface area contributed by atoms with Gasteiger partial charge in [0.1, 0.15) is 5.92 Å². The molecule has 0 spiro atoms. The third-order valence-electron chi connectivity index (χ3n) is 4.33. The molecule has 22 heavy (non-hydrogen) atoms. The first-order chi connectivity index (χ1) is 10.5. The van der Waals surface area contributed by atoms with Crippen LogP contribution in [0.4, 0.5) is 5.69 Å². The SMILES string of the molecule is CC(C)c1ccc(NC(=O)[C@H]2[C@@H](C(=O)O)[C@@H]3C=C[C@@H]2O3)cc1. The highest BCUT2D eigenvalue weighted by Crippen LogP contribution is 2.39. The van der Waals surface area contributed by atoms with E-state index in [2.05, 4.69) is 19.2 Å². The maximum Gasteiger partial charge on any atom is 0.310 e. The zero-order valence-corrected chi connectivity index (χ0v) is 12.5. The van der Waals surface area contributed by atoms with Gasteiger partial charge in [0, 0.05) is 5.69 Å². The molecule has 1 fully saturated rings. The number of carbonyl (C=O) groups excluding carboxylic acids is 1. The Morgan fingerprint density at radius 2 is 1.68 bits per heavy atom. The second-order valence-electron chi connectivity index (χ2n) is 6.11. The van der Waals surface area contributed by atoms with E-state index in [1.807, 2.05) is 24.3 Å². The van der Waals surface area contributed by atoms with Crippen LogP contribution in [0.5, 0.6) is 0 Å². The van der Waals surface area contributed by atoms with E-state index in [4.69, 9.17) is 4.74 Å². The molecule has 116 valence electrons. The number of benzene rings is 1. The maximum atomic E-state index is 12.4. The molecular formula is C17H19NO4. The molecule has 2 heterocycles. The topological polar surface area (TPSA) is 75.6 Å². The van der Waals surface area contributed by atoms with E-state index in [9.17, 15) is 14.7 Å². The third-order valence-corrected chi connectivity index (χ3v) is 4.33. The normalized spacial score (nSPS) is 29.0. The summed E-state index contributed by atoms with van der Waals surface area (Å²) in [6.45, 7) is 4.20. The van der Waals surface area contributed by atoms with E-state index in [1.165, 1.54) is 5.56 Å². The Balaban J connectivity index is 1.74. The van der Waals surface area contributed by atoms with Crippen LogP contribution in [0.3, 0.4) is 0 Å². The van der Waals surface area contributed by atoms with Crippen LogP contribution in [0, 0.1) is 11.8 Å². The molecule has 2 bridgehead atoms. The summed E-state index contributed by atoms with van der Waals surface area (Å²) in [6.07, 6.45) is 2.56. The highest BCUT2D eigenvalue weighted by Gasteiger charge is 2.53. The largest absolute Gasteiger partial charge is 0.481 e. The van der Waals surface area contributed by atoms with Gasteiger partial charge in [-0.1, -0.05) is 38.1 Å². The van der Waals surface area contributed by atoms with Crippen LogP contribution in [-0.4, -0.2) is 29.2 Å². The monoisotopic (exact) mass is 301 g/mol. The van der Waals surface area contributed by atoms with Crippen LogP contribution >= 0.6 is 0 Å². The van der Waals surface area contributed by atoms with Gasteiger partial charge in [-0.25, -0.2) is 0 Å². The van der Waals surface area contributed by atoms with Gasteiger partial charge in [0.25, 0.3) is 0 Å². The lowest BCUT2D eigenvalue weighted by Gasteiger charge is -2.21. The number of nitrogens with one attached hydrogen (secondary N) is 1. The lowest BCUT2D eigenvalue weighted by molar-refractivity contribution is -0.145.